The summed E-state index contributed by atoms with van der Waals surface area (Å²) in [7, 11) is 0. The Morgan fingerprint density at radius 3 is 2.62 bits per heavy atom. The Hall–Kier alpha value is -0.570. The van der Waals surface area contributed by atoms with Crippen LogP contribution >= 0.6 is 23.2 Å². The largest absolute Gasteiger partial charge is 0.367 e. The lowest BCUT2D eigenvalue weighted by Gasteiger charge is -2.38. The Morgan fingerprint density at radius 1 is 1.33 bits per heavy atom. The third-order valence-electron chi connectivity index (χ3n) is 4.37. The summed E-state index contributed by atoms with van der Waals surface area (Å²) >= 11 is 12.2. The van der Waals surface area contributed by atoms with Crippen molar-refractivity contribution in [2.75, 3.05) is 6.61 Å². The van der Waals surface area contributed by atoms with Gasteiger partial charge in [-0.15, -0.1) is 0 Å². The molecule has 0 unspecified atom stereocenters. The second kappa shape index (κ2) is 7.13. The molecule has 0 amide bonds. The smallest absolute Gasteiger partial charge is 0.169 e. The molecule has 2 rings (SSSR count). The van der Waals surface area contributed by atoms with E-state index in [-0.39, 0.29) is 12.2 Å². The number of halogens is 2. The summed E-state index contributed by atoms with van der Waals surface area (Å²) in [6.07, 6.45) is 3.97. The predicted molar refractivity (Wildman–Crippen MR) is 87.2 cm³/mol. The van der Waals surface area contributed by atoms with Gasteiger partial charge in [0.2, 0.25) is 0 Å². The molecule has 1 aromatic carbocycles. The molecule has 1 aromatic rings. The molecule has 4 heteroatoms. The molecular weight excluding hydrogens is 307 g/mol. The highest BCUT2D eigenvalue weighted by molar-refractivity contribution is 6.33. The van der Waals surface area contributed by atoms with Crippen molar-refractivity contribution in [2.24, 2.45) is 5.92 Å². The molecule has 2 nitrogen and oxygen atoms in total. The van der Waals surface area contributed by atoms with Crippen LogP contribution in [0.2, 0.25) is 10.0 Å². The topological polar surface area (TPSA) is 26.3 Å². The number of ketones is 1. The van der Waals surface area contributed by atoms with Crippen LogP contribution in [-0.4, -0.2) is 18.0 Å². The maximum Gasteiger partial charge on any atom is 0.169 e. The molecular formula is C17H22Cl2O2. The van der Waals surface area contributed by atoms with Crippen molar-refractivity contribution in [3.05, 3.63) is 33.8 Å². The lowest BCUT2D eigenvalue weighted by Crippen LogP contribution is -2.45. The molecule has 0 atom stereocenters. The Bertz CT molecular complexity index is 506. The van der Waals surface area contributed by atoms with Crippen LogP contribution in [0.3, 0.4) is 0 Å². The number of Topliss-reactive ketones (excluding diaryl/α,β-unsaturated/α-hetero) is 1. The van der Waals surface area contributed by atoms with Crippen molar-refractivity contribution in [1.29, 1.82) is 0 Å². The molecule has 0 heterocycles. The van der Waals surface area contributed by atoms with Crippen LogP contribution in [0.1, 0.15) is 45.1 Å². The fourth-order valence-corrected chi connectivity index (χ4v) is 3.40. The Labute approximate surface area is 136 Å². The molecule has 0 N–H and O–H groups in total. The lowest BCUT2D eigenvalue weighted by atomic mass is 9.76. The SMILES string of the molecule is CCOC1(C(=O)Cc2cc(Cl)ccc2Cl)CCC(C)CC1. The van der Waals surface area contributed by atoms with Crippen molar-refractivity contribution in [2.45, 2.75) is 51.6 Å². The van der Waals surface area contributed by atoms with Gasteiger partial charge in [-0.05, 0) is 62.3 Å². The van der Waals surface area contributed by atoms with Gasteiger partial charge in [0.25, 0.3) is 0 Å². The fraction of sp³-hybridized carbons (Fsp3) is 0.588. The minimum absolute atomic E-state index is 0.125. The summed E-state index contributed by atoms with van der Waals surface area (Å²) in [5.41, 5.74) is 0.152. The summed E-state index contributed by atoms with van der Waals surface area (Å²) in [4.78, 5) is 12.8. The van der Waals surface area contributed by atoms with Crippen molar-refractivity contribution in [3.63, 3.8) is 0 Å². The normalized spacial score (nSPS) is 25.8. The van der Waals surface area contributed by atoms with E-state index in [1.165, 1.54) is 0 Å². The zero-order chi connectivity index (χ0) is 15.5. The third-order valence-corrected chi connectivity index (χ3v) is 4.97. The number of hydrogen-bond acceptors (Lipinski definition) is 2. The first-order valence-electron chi connectivity index (χ1n) is 7.58. The van der Waals surface area contributed by atoms with Crippen LogP contribution in [-0.2, 0) is 16.0 Å². The molecule has 116 valence electrons. The van der Waals surface area contributed by atoms with Gasteiger partial charge in [-0.25, -0.2) is 0 Å². The number of hydrogen-bond donors (Lipinski definition) is 0. The van der Waals surface area contributed by atoms with Crippen LogP contribution < -0.4 is 0 Å². The summed E-state index contributed by atoms with van der Waals surface area (Å²) in [5, 5.41) is 1.19. The van der Waals surface area contributed by atoms with Crippen molar-refractivity contribution < 1.29 is 9.53 Å². The average Bonchev–Trinajstić information content (AvgIpc) is 2.46. The minimum Gasteiger partial charge on any atom is -0.367 e. The number of ether oxygens (including phenoxy) is 1. The van der Waals surface area contributed by atoms with Crippen molar-refractivity contribution in [1.82, 2.24) is 0 Å². The zero-order valence-electron chi connectivity index (χ0n) is 12.6. The standard InChI is InChI=1S/C17H22Cl2O2/c1-3-21-17(8-6-12(2)7-9-17)16(20)11-13-10-14(18)4-5-15(13)19/h4-5,10,12H,3,6-9,11H2,1-2H3. The summed E-state index contributed by atoms with van der Waals surface area (Å²) in [5.74, 6) is 0.793. The molecule has 0 radical (unpaired) electrons. The highest BCUT2D eigenvalue weighted by Crippen LogP contribution is 2.37. The van der Waals surface area contributed by atoms with E-state index in [2.05, 4.69) is 6.92 Å². The van der Waals surface area contributed by atoms with Gasteiger partial charge in [0.15, 0.2) is 5.78 Å². The first-order valence-corrected chi connectivity index (χ1v) is 8.33. The van der Waals surface area contributed by atoms with Gasteiger partial charge >= 0.3 is 0 Å². The summed E-state index contributed by atoms with van der Waals surface area (Å²) in [6.45, 7) is 4.73. The second-order valence-corrected chi connectivity index (χ2v) is 6.79. The van der Waals surface area contributed by atoms with Crippen LogP contribution in [0.4, 0.5) is 0 Å². The van der Waals surface area contributed by atoms with Gasteiger partial charge in [0.05, 0.1) is 0 Å². The fourth-order valence-electron chi connectivity index (χ4n) is 3.02. The number of benzene rings is 1. The van der Waals surface area contributed by atoms with Gasteiger partial charge in [-0.3, -0.25) is 4.79 Å². The quantitative estimate of drug-likeness (QED) is 0.752. The highest BCUT2D eigenvalue weighted by atomic mass is 35.5. The van der Waals surface area contributed by atoms with E-state index in [4.69, 9.17) is 27.9 Å². The number of carbonyl (C=O) groups excluding carboxylic acids is 1. The predicted octanol–water partition coefficient (Wildman–Crippen LogP) is 5.09. The summed E-state index contributed by atoms with van der Waals surface area (Å²) in [6, 6.07) is 5.24. The van der Waals surface area contributed by atoms with Crippen molar-refractivity contribution in [3.8, 4) is 0 Å². The van der Waals surface area contributed by atoms with E-state index in [1.807, 2.05) is 6.92 Å². The first kappa shape index (κ1) is 16.8. The van der Waals surface area contributed by atoms with Gasteiger partial charge < -0.3 is 4.74 Å². The van der Waals surface area contributed by atoms with Crippen LogP contribution in [0, 0.1) is 5.92 Å². The van der Waals surface area contributed by atoms with E-state index < -0.39 is 5.60 Å². The molecule has 1 saturated carbocycles. The second-order valence-electron chi connectivity index (χ2n) is 5.95. The molecule has 1 fully saturated rings. The van der Waals surface area contributed by atoms with Gasteiger partial charge in [0, 0.05) is 23.1 Å². The first-order chi connectivity index (χ1) is 9.97. The monoisotopic (exact) mass is 328 g/mol. The van der Waals surface area contributed by atoms with E-state index in [0.717, 1.165) is 31.2 Å². The Morgan fingerprint density at radius 2 is 2.00 bits per heavy atom. The third kappa shape index (κ3) is 4.00. The van der Waals surface area contributed by atoms with E-state index in [9.17, 15) is 4.79 Å². The summed E-state index contributed by atoms with van der Waals surface area (Å²) < 4.78 is 5.90. The number of rotatable bonds is 5. The highest BCUT2D eigenvalue weighted by Gasteiger charge is 2.41. The van der Waals surface area contributed by atoms with E-state index >= 15 is 0 Å². The van der Waals surface area contributed by atoms with Gasteiger partial charge in [0.1, 0.15) is 5.60 Å². The van der Waals surface area contributed by atoms with Crippen LogP contribution in [0.15, 0.2) is 18.2 Å². The molecule has 1 aliphatic rings. The van der Waals surface area contributed by atoms with Crippen LogP contribution in [0.25, 0.3) is 0 Å². The Kier molecular flexibility index (Phi) is 5.70. The van der Waals surface area contributed by atoms with E-state index in [0.29, 0.717) is 22.6 Å². The number of carbonyl (C=O) groups is 1. The molecule has 1 aliphatic carbocycles. The van der Waals surface area contributed by atoms with Gasteiger partial charge in [-0.2, -0.15) is 0 Å². The average molecular weight is 329 g/mol. The van der Waals surface area contributed by atoms with Crippen LogP contribution in [0.5, 0.6) is 0 Å². The van der Waals surface area contributed by atoms with Crippen molar-refractivity contribution >= 4 is 29.0 Å². The maximum absolute atomic E-state index is 12.8. The molecule has 21 heavy (non-hydrogen) atoms. The zero-order valence-corrected chi connectivity index (χ0v) is 14.1. The van der Waals surface area contributed by atoms with Gasteiger partial charge in [-0.1, -0.05) is 30.1 Å². The maximum atomic E-state index is 12.8. The molecule has 0 saturated heterocycles. The molecule has 0 aliphatic heterocycles. The Balaban J connectivity index is 2.17. The molecule has 0 aromatic heterocycles. The molecule has 0 bridgehead atoms. The molecule has 0 spiro atoms. The minimum atomic E-state index is -0.632. The lowest BCUT2D eigenvalue weighted by molar-refractivity contribution is -0.149. The van der Waals surface area contributed by atoms with E-state index in [1.54, 1.807) is 18.2 Å².